The summed E-state index contributed by atoms with van der Waals surface area (Å²) in [5.41, 5.74) is 2.12. The lowest BCUT2D eigenvalue weighted by atomic mass is 10.1. The van der Waals surface area contributed by atoms with E-state index in [1.165, 1.54) is 5.56 Å². The first-order valence-corrected chi connectivity index (χ1v) is 9.22. The highest BCUT2D eigenvalue weighted by atomic mass is 32.1. The number of aryl methyl sites for hydroxylation is 1. The lowest BCUT2D eigenvalue weighted by Crippen LogP contribution is -2.48. The van der Waals surface area contributed by atoms with Gasteiger partial charge in [0.05, 0.1) is 0 Å². The van der Waals surface area contributed by atoms with Crippen molar-refractivity contribution in [3.8, 4) is 0 Å². The predicted molar refractivity (Wildman–Crippen MR) is 105 cm³/mol. The summed E-state index contributed by atoms with van der Waals surface area (Å²) in [6, 6.07) is 18.7. The normalized spacial score (nSPS) is 11.4. The monoisotopic (exact) mass is 372 g/mol. The zero-order valence-corrected chi connectivity index (χ0v) is 15.5. The number of alkyl carbamates (subject to hydrolysis) is 1. The van der Waals surface area contributed by atoms with Crippen LogP contribution in [0.25, 0.3) is 0 Å². The minimum absolute atomic E-state index is 0.157. The molecule has 5 nitrogen and oxygen atoms in total. The Balaban J connectivity index is 1.67. The first-order valence-electron chi connectivity index (χ1n) is 8.58. The van der Waals surface area contributed by atoms with Crippen LogP contribution in [0.5, 0.6) is 0 Å². The van der Waals surface area contributed by atoms with E-state index in [0.717, 1.165) is 18.4 Å². The Bertz CT molecular complexity index is 680. The maximum Gasteiger partial charge on any atom is 0.408 e. The third-order valence-corrected chi connectivity index (χ3v) is 4.15. The summed E-state index contributed by atoms with van der Waals surface area (Å²) in [4.78, 5) is 24.0. The standard InChI is InChI=1S/C20H24N2O3S/c23-19(21-13-7-12-16-8-3-1-4-9-16)18(15-26)22-20(24)25-14-17-10-5-2-6-11-17/h1-6,8-11,18,26H,7,12-15H2,(H,21,23)(H,22,24)/t18-/m0/s1. The topological polar surface area (TPSA) is 67.4 Å². The number of carbonyl (C=O) groups excluding carboxylic acids is 2. The molecule has 0 bridgehead atoms. The Morgan fingerprint density at radius 3 is 2.19 bits per heavy atom. The van der Waals surface area contributed by atoms with Crippen molar-refractivity contribution in [3.63, 3.8) is 0 Å². The van der Waals surface area contributed by atoms with Crippen LogP contribution >= 0.6 is 12.6 Å². The van der Waals surface area contributed by atoms with Crippen LogP contribution in [0.2, 0.25) is 0 Å². The molecule has 0 unspecified atom stereocenters. The van der Waals surface area contributed by atoms with Crippen molar-refractivity contribution in [2.75, 3.05) is 12.3 Å². The van der Waals surface area contributed by atoms with Crippen LogP contribution < -0.4 is 10.6 Å². The SMILES string of the molecule is O=C(N[C@@H](CS)C(=O)NCCCc1ccccc1)OCc1ccccc1. The number of benzene rings is 2. The zero-order chi connectivity index (χ0) is 18.6. The van der Waals surface area contributed by atoms with Crippen LogP contribution in [0.15, 0.2) is 60.7 Å². The van der Waals surface area contributed by atoms with E-state index in [2.05, 4.69) is 35.4 Å². The first-order chi connectivity index (χ1) is 12.7. The number of carbonyl (C=O) groups is 2. The van der Waals surface area contributed by atoms with Gasteiger partial charge in [-0.1, -0.05) is 60.7 Å². The average molecular weight is 372 g/mol. The van der Waals surface area contributed by atoms with Crippen molar-refractivity contribution in [2.24, 2.45) is 0 Å². The van der Waals surface area contributed by atoms with Crippen molar-refractivity contribution in [1.29, 1.82) is 0 Å². The van der Waals surface area contributed by atoms with Crippen LogP contribution in [0.4, 0.5) is 4.79 Å². The number of thiol groups is 1. The summed E-state index contributed by atoms with van der Waals surface area (Å²) in [6.07, 6.45) is 1.08. The van der Waals surface area contributed by atoms with Gasteiger partial charge in [-0.05, 0) is 24.0 Å². The van der Waals surface area contributed by atoms with E-state index in [1.807, 2.05) is 48.5 Å². The van der Waals surface area contributed by atoms with Gasteiger partial charge in [0.25, 0.3) is 0 Å². The molecule has 26 heavy (non-hydrogen) atoms. The second kappa shape index (κ2) is 11.2. The molecule has 0 aliphatic heterocycles. The maximum absolute atomic E-state index is 12.2. The van der Waals surface area contributed by atoms with E-state index in [9.17, 15) is 9.59 Å². The molecule has 0 spiro atoms. The van der Waals surface area contributed by atoms with Crippen LogP contribution in [0.1, 0.15) is 17.5 Å². The zero-order valence-electron chi connectivity index (χ0n) is 14.6. The molecule has 2 aromatic rings. The van der Waals surface area contributed by atoms with E-state index in [0.29, 0.717) is 6.54 Å². The molecular formula is C20H24N2O3S. The highest BCUT2D eigenvalue weighted by molar-refractivity contribution is 7.80. The number of rotatable bonds is 9. The van der Waals surface area contributed by atoms with Gasteiger partial charge in [0.2, 0.25) is 5.91 Å². The Kier molecular flexibility index (Phi) is 8.55. The molecule has 2 amide bonds. The summed E-state index contributed by atoms with van der Waals surface area (Å²) in [5, 5.41) is 5.37. The van der Waals surface area contributed by atoms with Gasteiger partial charge in [0.1, 0.15) is 12.6 Å². The molecule has 0 saturated carbocycles. The van der Waals surface area contributed by atoms with Gasteiger partial charge in [-0.25, -0.2) is 4.79 Å². The molecule has 1 atom stereocenters. The Morgan fingerprint density at radius 1 is 0.962 bits per heavy atom. The average Bonchev–Trinajstić information content (AvgIpc) is 2.69. The van der Waals surface area contributed by atoms with Crippen molar-refractivity contribution in [2.45, 2.75) is 25.5 Å². The van der Waals surface area contributed by atoms with Crippen molar-refractivity contribution < 1.29 is 14.3 Å². The fraction of sp³-hybridized carbons (Fsp3) is 0.300. The smallest absolute Gasteiger partial charge is 0.408 e. The second-order valence-corrected chi connectivity index (χ2v) is 6.19. The molecule has 138 valence electrons. The fourth-order valence-electron chi connectivity index (χ4n) is 2.37. The summed E-state index contributed by atoms with van der Waals surface area (Å²) in [7, 11) is 0. The van der Waals surface area contributed by atoms with E-state index in [1.54, 1.807) is 0 Å². The van der Waals surface area contributed by atoms with Gasteiger partial charge < -0.3 is 15.4 Å². The fourth-order valence-corrected chi connectivity index (χ4v) is 2.63. The van der Waals surface area contributed by atoms with Gasteiger partial charge in [0.15, 0.2) is 0 Å². The van der Waals surface area contributed by atoms with Crippen LogP contribution in [-0.2, 0) is 22.6 Å². The third kappa shape index (κ3) is 7.19. The number of hydrogen-bond donors (Lipinski definition) is 3. The Morgan fingerprint density at radius 2 is 1.58 bits per heavy atom. The van der Waals surface area contributed by atoms with Gasteiger partial charge >= 0.3 is 6.09 Å². The molecule has 0 radical (unpaired) electrons. The van der Waals surface area contributed by atoms with Crippen molar-refractivity contribution in [3.05, 3.63) is 71.8 Å². The maximum atomic E-state index is 12.2. The van der Waals surface area contributed by atoms with Crippen molar-refractivity contribution >= 4 is 24.6 Å². The number of hydrogen-bond acceptors (Lipinski definition) is 4. The largest absolute Gasteiger partial charge is 0.445 e. The molecule has 0 saturated heterocycles. The van der Waals surface area contributed by atoms with Gasteiger partial charge in [-0.2, -0.15) is 12.6 Å². The molecule has 0 aliphatic rings. The highest BCUT2D eigenvalue weighted by Crippen LogP contribution is 2.02. The number of amides is 2. The second-order valence-electron chi connectivity index (χ2n) is 5.82. The molecule has 0 heterocycles. The molecule has 0 aliphatic carbocycles. The summed E-state index contributed by atoms with van der Waals surface area (Å²) in [5.74, 6) is -0.0602. The van der Waals surface area contributed by atoms with Gasteiger partial charge in [0, 0.05) is 12.3 Å². The molecule has 2 rings (SSSR count). The molecule has 6 heteroatoms. The van der Waals surface area contributed by atoms with Crippen LogP contribution in [0, 0.1) is 0 Å². The van der Waals surface area contributed by atoms with E-state index in [-0.39, 0.29) is 18.3 Å². The quantitative estimate of drug-likeness (QED) is 0.468. The highest BCUT2D eigenvalue weighted by Gasteiger charge is 2.19. The third-order valence-electron chi connectivity index (χ3n) is 3.79. The number of nitrogens with one attached hydrogen (secondary N) is 2. The van der Waals surface area contributed by atoms with E-state index in [4.69, 9.17) is 4.74 Å². The minimum atomic E-state index is -0.724. The predicted octanol–water partition coefficient (Wildman–Crippen LogP) is 2.96. The molecule has 0 fully saturated rings. The molecule has 2 aromatic carbocycles. The van der Waals surface area contributed by atoms with Crippen molar-refractivity contribution in [1.82, 2.24) is 10.6 Å². The van der Waals surface area contributed by atoms with E-state index < -0.39 is 12.1 Å². The molecule has 0 aromatic heterocycles. The Labute approximate surface area is 159 Å². The minimum Gasteiger partial charge on any atom is -0.445 e. The van der Waals surface area contributed by atoms with Gasteiger partial charge in [-0.15, -0.1) is 0 Å². The molecule has 2 N–H and O–H groups in total. The van der Waals surface area contributed by atoms with Crippen LogP contribution in [-0.4, -0.2) is 30.3 Å². The lowest BCUT2D eigenvalue weighted by Gasteiger charge is -2.16. The lowest BCUT2D eigenvalue weighted by molar-refractivity contribution is -0.122. The molecular weight excluding hydrogens is 348 g/mol. The first kappa shape index (κ1) is 19.8. The van der Waals surface area contributed by atoms with Gasteiger partial charge in [-0.3, -0.25) is 4.79 Å². The van der Waals surface area contributed by atoms with E-state index >= 15 is 0 Å². The van der Waals surface area contributed by atoms with Crippen LogP contribution in [0.3, 0.4) is 0 Å². The Hall–Kier alpha value is -2.47. The summed E-state index contributed by atoms with van der Waals surface area (Å²) >= 11 is 4.14. The summed E-state index contributed by atoms with van der Waals surface area (Å²) in [6.45, 7) is 0.698. The summed E-state index contributed by atoms with van der Waals surface area (Å²) < 4.78 is 5.13. The number of ether oxygens (including phenoxy) is 1.